The van der Waals surface area contributed by atoms with E-state index in [9.17, 15) is 4.79 Å². The van der Waals surface area contributed by atoms with Gasteiger partial charge in [0.1, 0.15) is 0 Å². The summed E-state index contributed by atoms with van der Waals surface area (Å²) in [5, 5.41) is 0. The summed E-state index contributed by atoms with van der Waals surface area (Å²) in [5.74, 6) is 0.158. The number of rotatable bonds is 3. The topological polar surface area (TPSA) is 52.3 Å². The van der Waals surface area contributed by atoms with Crippen LogP contribution in [0.15, 0.2) is 22.7 Å². The first-order valence-electron chi connectivity index (χ1n) is 5.84. The number of halogens is 1. The fourth-order valence-corrected chi connectivity index (χ4v) is 2.62. The molecule has 0 radical (unpaired) electrons. The number of nitrogen functional groups attached to an aromatic ring is 1. The first-order valence-corrected chi connectivity index (χ1v) is 6.63. The Kier molecular flexibility index (Phi) is 3.84. The average molecular weight is 298 g/mol. The molecule has 1 heterocycles. The molecule has 1 saturated heterocycles. The standard InChI is InChI=1S/C13H16BrNO2/c1-2-12-9(5-6-17-12)13(16)8-3-4-11(15)10(14)7-8/h3-4,7,9,12H,2,5-6,15H2,1H3. The molecule has 17 heavy (non-hydrogen) atoms. The lowest BCUT2D eigenvalue weighted by molar-refractivity contribution is 0.0689. The van der Waals surface area contributed by atoms with Crippen molar-refractivity contribution in [3.8, 4) is 0 Å². The number of carbonyl (C=O) groups excluding carboxylic acids is 1. The maximum atomic E-state index is 12.3. The quantitative estimate of drug-likeness (QED) is 0.689. The summed E-state index contributed by atoms with van der Waals surface area (Å²) in [5.41, 5.74) is 7.07. The van der Waals surface area contributed by atoms with Crippen LogP contribution in [-0.4, -0.2) is 18.5 Å². The summed E-state index contributed by atoms with van der Waals surface area (Å²) in [7, 11) is 0. The molecule has 2 atom stereocenters. The largest absolute Gasteiger partial charge is 0.398 e. The van der Waals surface area contributed by atoms with Crippen molar-refractivity contribution in [2.45, 2.75) is 25.9 Å². The van der Waals surface area contributed by atoms with E-state index in [2.05, 4.69) is 22.9 Å². The summed E-state index contributed by atoms with van der Waals surface area (Å²) in [6, 6.07) is 5.34. The fourth-order valence-electron chi connectivity index (χ4n) is 2.25. The number of Topliss-reactive ketones (excluding diaryl/α,β-unsaturated/α-hetero) is 1. The molecule has 0 aromatic heterocycles. The molecule has 1 aromatic rings. The van der Waals surface area contributed by atoms with E-state index >= 15 is 0 Å². The number of hydrogen-bond acceptors (Lipinski definition) is 3. The van der Waals surface area contributed by atoms with Crippen LogP contribution in [0, 0.1) is 5.92 Å². The molecule has 1 aromatic carbocycles. The van der Waals surface area contributed by atoms with Gasteiger partial charge in [0.05, 0.1) is 12.0 Å². The third kappa shape index (κ3) is 2.53. The van der Waals surface area contributed by atoms with Gasteiger partial charge < -0.3 is 10.5 Å². The Morgan fingerprint density at radius 1 is 1.59 bits per heavy atom. The van der Waals surface area contributed by atoms with Crippen molar-refractivity contribution in [1.29, 1.82) is 0 Å². The molecule has 1 fully saturated rings. The zero-order chi connectivity index (χ0) is 12.4. The minimum absolute atomic E-state index is 0.00414. The van der Waals surface area contributed by atoms with Crippen molar-refractivity contribution in [2.75, 3.05) is 12.3 Å². The molecule has 2 unspecified atom stereocenters. The van der Waals surface area contributed by atoms with Crippen molar-refractivity contribution in [3.63, 3.8) is 0 Å². The van der Waals surface area contributed by atoms with E-state index in [4.69, 9.17) is 10.5 Å². The molecule has 0 spiro atoms. The molecule has 2 rings (SSSR count). The van der Waals surface area contributed by atoms with Gasteiger partial charge in [-0.05, 0) is 47.0 Å². The monoisotopic (exact) mass is 297 g/mol. The van der Waals surface area contributed by atoms with Gasteiger partial charge in [-0.25, -0.2) is 0 Å². The summed E-state index contributed by atoms with van der Waals surface area (Å²) in [4.78, 5) is 12.3. The number of benzene rings is 1. The molecule has 3 nitrogen and oxygen atoms in total. The second kappa shape index (κ2) is 5.19. The first-order chi connectivity index (χ1) is 8.13. The molecule has 0 aliphatic carbocycles. The second-order valence-electron chi connectivity index (χ2n) is 4.31. The Hall–Kier alpha value is -0.870. The highest BCUT2D eigenvalue weighted by atomic mass is 79.9. The molecule has 92 valence electrons. The highest BCUT2D eigenvalue weighted by molar-refractivity contribution is 9.10. The maximum absolute atomic E-state index is 12.3. The van der Waals surface area contributed by atoms with Gasteiger partial charge in [-0.2, -0.15) is 0 Å². The summed E-state index contributed by atoms with van der Waals surface area (Å²) in [6.07, 6.45) is 1.77. The van der Waals surface area contributed by atoms with Gasteiger partial charge in [0.2, 0.25) is 0 Å². The number of ether oxygens (including phenoxy) is 1. The molecule has 1 aliphatic rings. The van der Waals surface area contributed by atoms with Crippen LogP contribution in [-0.2, 0) is 4.74 Å². The van der Waals surface area contributed by atoms with Gasteiger partial charge >= 0.3 is 0 Å². The first kappa shape index (κ1) is 12.6. The maximum Gasteiger partial charge on any atom is 0.168 e. The van der Waals surface area contributed by atoms with Crippen LogP contribution >= 0.6 is 15.9 Å². The van der Waals surface area contributed by atoms with Crippen LogP contribution in [0.3, 0.4) is 0 Å². The van der Waals surface area contributed by atoms with E-state index < -0.39 is 0 Å². The normalized spacial score (nSPS) is 23.9. The van der Waals surface area contributed by atoms with E-state index in [0.29, 0.717) is 17.9 Å². The van der Waals surface area contributed by atoms with Crippen LogP contribution in [0.25, 0.3) is 0 Å². The zero-order valence-electron chi connectivity index (χ0n) is 9.78. The lowest BCUT2D eigenvalue weighted by atomic mass is 9.90. The highest BCUT2D eigenvalue weighted by Gasteiger charge is 2.33. The Balaban J connectivity index is 2.21. The molecular formula is C13H16BrNO2. The lowest BCUT2D eigenvalue weighted by Crippen LogP contribution is -2.23. The third-order valence-corrected chi connectivity index (χ3v) is 3.92. The minimum atomic E-state index is -0.00414. The molecule has 1 aliphatic heterocycles. The minimum Gasteiger partial charge on any atom is -0.398 e. The SMILES string of the molecule is CCC1OCCC1C(=O)c1ccc(N)c(Br)c1. The molecule has 0 bridgehead atoms. The van der Waals surface area contributed by atoms with Gasteiger partial charge in [-0.3, -0.25) is 4.79 Å². The molecule has 0 amide bonds. The summed E-state index contributed by atoms with van der Waals surface area (Å²) in [6.45, 7) is 2.74. The predicted octanol–water partition coefficient (Wildman–Crippen LogP) is 3.03. The Morgan fingerprint density at radius 2 is 2.35 bits per heavy atom. The number of hydrogen-bond donors (Lipinski definition) is 1. The van der Waals surface area contributed by atoms with Crippen LogP contribution in [0.2, 0.25) is 0 Å². The Bertz CT molecular complexity index is 433. The second-order valence-corrected chi connectivity index (χ2v) is 5.17. The predicted molar refractivity (Wildman–Crippen MR) is 71.0 cm³/mol. The number of carbonyl (C=O) groups is 1. The zero-order valence-corrected chi connectivity index (χ0v) is 11.4. The third-order valence-electron chi connectivity index (χ3n) is 3.23. The van der Waals surface area contributed by atoms with E-state index in [1.165, 1.54) is 0 Å². The van der Waals surface area contributed by atoms with Gasteiger partial charge in [-0.1, -0.05) is 6.92 Å². The van der Waals surface area contributed by atoms with Gasteiger partial charge in [0.25, 0.3) is 0 Å². The van der Waals surface area contributed by atoms with Crippen molar-refractivity contribution in [2.24, 2.45) is 5.92 Å². The van der Waals surface area contributed by atoms with Crippen molar-refractivity contribution < 1.29 is 9.53 Å². The summed E-state index contributed by atoms with van der Waals surface area (Å²) < 4.78 is 6.33. The Labute approximate surface area is 109 Å². The fraction of sp³-hybridized carbons (Fsp3) is 0.462. The van der Waals surface area contributed by atoms with Gasteiger partial charge in [-0.15, -0.1) is 0 Å². The molecular weight excluding hydrogens is 282 g/mol. The van der Waals surface area contributed by atoms with Crippen LogP contribution in [0.5, 0.6) is 0 Å². The lowest BCUT2D eigenvalue weighted by Gasteiger charge is -2.15. The molecule has 4 heteroatoms. The van der Waals surface area contributed by atoms with Crippen LogP contribution in [0.1, 0.15) is 30.1 Å². The smallest absolute Gasteiger partial charge is 0.168 e. The van der Waals surface area contributed by atoms with Gasteiger partial charge in [0.15, 0.2) is 5.78 Å². The number of anilines is 1. The van der Waals surface area contributed by atoms with E-state index in [0.717, 1.165) is 17.3 Å². The van der Waals surface area contributed by atoms with E-state index in [1.54, 1.807) is 18.2 Å². The van der Waals surface area contributed by atoms with Crippen molar-refractivity contribution in [3.05, 3.63) is 28.2 Å². The van der Waals surface area contributed by atoms with E-state index in [1.807, 2.05) is 0 Å². The van der Waals surface area contributed by atoms with E-state index in [-0.39, 0.29) is 17.8 Å². The van der Waals surface area contributed by atoms with Crippen LogP contribution < -0.4 is 5.73 Å². The van der Waals surface area contributed by atoms with Crippen molar-refractivity contribution in [1.82, 2.24) is 0 Å². The van der Waals surface area contributed by atoms with Gasteiger partial charge in [0, 0.05) is 22.3 Å². The highest BCUT2D eigenvalue weighted by Crippen LogP contribution is 2.29. The number of ketones is 1. The molecule has 0 saturated carbocycles. The van der Waals surface area contributed by atoms with Crippen LogP contribution in [0.4, 0.5) is 5.69 Å². The summed E-state index contributed by atoms with van der Waals surface area (Å²) >= 11 is 3.35. The molecule has 2 N–H and O–H groups in total. The Morgan fingerprint density at radius 3 is 3.00 bits per heavy atom. The number of nitrogens with two attached hydrogens (primary N) is 1. The van der Waals surface area contributed by atoms with Crippen molar-refractivity contribution >= 4 is 27.4 Å². The average Bonchev–Trinajstić information content (AvgIpc) is 2.80.